The van der Waals surface area contributed by atoms with Gasteiger partial charge in [0.2, 0.25) is 0 Å². The average molecular weight is 125 g/mol. The quantitative estimate of drug-likeness (QED) is 0.407. The van der Waals surface area contributed by atoms with Crippen LogP contribution >= 0.6 is 0 Å². The largest absolute Gasteiger partial charge is 0.291 e. The molecule has 0 amide bonds. The molecule has 0 atom stereocenters. The summed E-state index contributed by atoms with van der Waals surface area (Å²) < 4.78 is 0. The van der Waals surface area contributed by atoms with E-state index in [0.29, 0.717) is 6.42 Å². The molecule has 0 bridgehead atoms. The lowest BCUT2D eigenvalue weighted by Gasteiger charge is -1.84. The molecule has 51 valence electrons. The molecule has 0 aliphatic heterocycles. The van der Waals surface area contributed by atoms with Gasteiger partial charge < -0.3 is 0 Å². The number of carbonyl (C=O) groups excluding carboxylic acids is 1. The molecular weight excluding hydrogens is 112 g/mol. The van der Waals surface area contributed by atoms with E-state index >= 15 is 0 Å². The van der Waals surface area contributed by atoms with Crippen molar-refractivity contribution in [2.45, 2.75) is 32.6 Å². The molecule has 0 aromatic carbocycles. The minimum absolute atomic E-state index is 0.577. The Morgan fingerprint density at radius 2 is 2.22 bits per heavy atom. The van der Waals surface area contributed by atoms with E-state index in [4.69, 9.17) is 0 Å². The van der Waals surface area contributed by atoms with Crippen LogP contribution in [0.15, 0.2) is 12.2 Å². The summed E-state index contributed by atoms with van der Waals surface area (Å²) in [6.07, 6.45) is 9.71. The third kappa shape index (κ3) is 7.41. The molecule has 0 fully saturated rings. The third-order valence-corrected chi connectivity index (χ3v) is 1.05. The van der Waals surface area contributed by atoms with Crippen LogP contribution in [0.25, 0.3) is 0 Å². The van der Waals surface area contributed by atoms with E-state index in [2.05, 4.69) is 19.1 Å². The van der Waals surface area contributed by atoms with Crippen molar-refractivity contribution in [1.29, 1.82) is 0 Å². The molecule has 0 aromatic rings. The van der Waals surface area contributed by atoms with Crippen LogP contribution in [0.3, 0.4) is 0 Å². The normalized spacial score (nSPS) is 10.3. The predicted octanol–water partition coefficient (Wildman–Crippen LogP) is 2.23. The Balaban J connectivity index is 2.90. The fraction of sp³-hybridized carbons (Fsp3) is 0.625. The van der Waals surface area contributed by atoms with Gasteiger partial charge in [-0.15, -0.1) is 0 Å². The minimum Gasteiger partial charge on any atom is -0.291 e. The van der Waals surface area contributed by atoms with Crippen molar-refractivity contribution in [2.24, 2.45) is 0 Å². The zero-order chi connectivity index (χ0) is 6.95. The van der Waals surface area contributed by atoms with E-state index < -0.39 is 0 Å². The maximum Gasteiger partial charge on any atom is 0.198 e. The first-order chi connectivity index (χ1) is 4.41. The first-order valence-corrected chi connectivity index (χ1v) is 3.41. The van der Waals surface area contributed by atoms with E-state index in [-0.39, 0.29) is 0 Å². The molecule has 0 saturated carbocycles. The highest BCUT2D eigenvalue weighted by molar-refractivity contribution is 5.50. The number of hydrogen-bond acceptors (Lipinski definition) is 1. The molecule has 0 aliphatic carbocycles. The van der Waals surface area contributed by atoms with E-state index in [1.165, 1.54) is 0 Å². The molecule has 1 heteroatoms. The lowest BCUT2D eigenvalue weighted by atomic mass is 10.2. The van der Waals surface area contributed by atoms with Gasteiger partial charge in [0, 0.05) is 6.42 Å². The first kappa shape index (κ1) is 8.41. The number of allylic oxidation sites excluding steroid dienone is 2. The van der Waals surface area contributed by atoms with E-state index in [1.54, 1.807) is 0 Å². The monoisotopic (exact) mass is 125 g/mol. The Morgan fingerprint density at radius 1 is 1.44 bits per heavy atom. The minimum atomic E-state index is 0.577. The Labute approximate surface area is 56.8 Å². The zero-order valence-corrected chi connectivity index (χ0v) is 5.89. The molecule has 0 aromatic heterocycles. The fourth-order valence-electron chi connectivity index (χ4n) is 0.577. The Morgan fingerprint density at radius 3 is 2.78 bits per heavy atom. The second kappa shape index (κ2) is 7.41. The van der Waals surface area contributed by atoms with Crippen molar-refractivity contribution in [3.8, 4) is 0 Å². The van der Waals surface area contributed by atoms with Crippen LogP contribution in [-0.4, -0.2) is 6.29 Å². The van der Waals surface area contributed by atoms with Gasteiger partial charge in [-0.25, -0.2) is 0 Å². The van der Waals surface area contributed by atoms with Crippen molar-refractivity contribution in [2.75, 3.05) is 0 Å². The summed E-state index contributed by atoms with van der Waals surface area (Å²) in [5, 5.41) is 0. The molecule has 0 heterocycles. The van der Waals surface area contributed by atoms with Gasteiger partial charge in [0.25, 0.3) is 0 Å². The number of unbranched alkanes of at least 4 members (excludes halogenated alkanes) is 2. The van der Waals surface area contributed by atoms with Crippen molar-refractivity contribution in [3.63, 3.8) is 0 Å². The molecule has 1 nitrogen and oxygen atoms in total. The van der Waals surface area contributed by atoms with Crippen LogP contribution in [0.4, 0.5) is 0 Å². The Kier molecular flexibility index (Phi) is 6.92. The maximum absolute atomic E-state index is 9.69. The second-order valence-electron chi connectivity index (χ2n) is 1.92. The summed E-state index contributed by atoms with van der Waals surface area (Å²) >= 11 is 0. The smallest absolute Gasteiger partial charge is 0.198 e. The van der Waals surface area contributed by atoms with Gasteiger partial charge in [-0.2, -0.15) is 0 Å². The number of hydrogen-bond donors (Lipinski definition) is 0. The van der Waals surface area contributed by atoms with Gasteiger partial charge in [-0.1, -0.05) is 19.1 Å². The Hall–Kier alpha value is -0.590. The van der Waals surface area contributed by atoms with Gasteiger partial charge in [0.15, 0.2) is 6.29 Å². The lowest BCUT2D eigenvalue weighted by molar-refractivity contribution is 0.549. The van der Waals surface area contributed by atoms with E-state index in [0.717, 1.165) is 19.3 Å². The molecule has 0 saturated heterocycles. The molecule has 0 aliphatic rings. The average Bonchev–Trinajstić information content (AvgIpc) is 1.89. The summed E-state index contributed by atoms with van der Waals surface area (Å²) in [4.78, 5) is 9.69. The molecule has 0 N–H and O–H groups in total. The molecule has 0 rings (SSSR count). The topological polar surface area (TPSA) is 17.1 Å². The van der Waals surface area contributed by atoms with Gasteiger partial charge in [-0.3, -0.25) is 4.79 Å². The highest BCUT2D eigenvalue weighted by Crippen LogP contribution is 1.94. The van der Waals surface area contributed by atoms with E-state index in [9.17, 15) is 4.79 Å². The summed E-state index contributed by atoms with van der Waals surface area (Å²) in [5.74, 6) is 0. The summed E-state index contributed by atoms with van der Waals surface area (Å²) in [7, 11) is 0. The maximum atomic E-state index is 9.69. The standard InChI is InChI=1S/C8H13O/c1-2-3-4-5-6-7-8-9/h3-4H,2,5-7H2,1H3/b4-3+. The van der Waals surface area contributed by atoms with Crippen LogP contribution in [0, 0.1) is 0 Å². The molecule has 0 unspecified atom stereocenters. The van der Waals surface area contributed by atoms with Gasteiger partial charge >= 0.3 is 0 Å². The van der Waals surface area contributed by atoms with Gasteiger partial charge in [-0.05, 0) is 19.3 Å². The second-order valence-corrected chi connectivity index (χ2v) is 1.92. The van der Waals surface area contributed by atoms with E-state index in [1.807, 2.05) is 6.29 Å². The Bertz CT molecular complexity index is 84.6. The molecule has 1 radical (unpaired) electrons. The first-order valence-electron chi connectivity index (χ1n) is 3.41. The zero-order valence-electron chi connectivity index (χ0n) is 5.89. The highest BCUT2D eigenvalue weighted by Gasteiger charge is 1.80. The summed E-state index contributed by atoms with van der Waals surface area (Å²) in [6.45, 7) is 2.10. The van der Waals surface area contributed by atoms with Gasteiger partial charge in [0.05, 0.1) is 0 Å². The highest BCUT2D eigenvalue weighted by atomic mass is 16.1. The van der Waals surface area contributed by atoms with Crippen molar-refractivity contribution in [3.05, 3.63) is 12.2 Å². The molecular formula is C8H13O. The van der Waals surface area contributed by atoms with Crippen LogP contribution in [0.1, 0.15) is 32.6 Å². The summed E-state index contributed by atoms with van der Waals surface area (Å²) in [6, 6.07) is 0. The van der Waals surface area contributed by atoms with Crippen LogP contribution < -0.4 is 0 Å². The van der Waals surface area contributed by atoms with Crippen molar-refractivity contribution < 1.29 is 4.79 Å². The molecule has 9 heavy (non-hydrogen) atoms. The van der Waals surface area contributed by atoms with Crippen molar-refractivity contribution in [1.82, 2.24) is 0 Å². The van der Waals surface area contributed by atoms with Crippen LogP contribution in [0.5, 0.6) is 0 Å². The SMILES string of the molecule is CC/C=C/CCC[C]=O. The van der Waals surface area contributed by atoms with Crippen molar-refractivity contribution >= 4 is 6.29 Å². The summed E-state index contributed by atoms with van der Waals surface area (Å²) in [5.41, 5.74) is 0. The third-order valence-electron chi connectivity index (χ3n) is 1.05. The number of rotatable bonds is 5. The fourth-order valence-corrected chi connectivity index (χ4v) is 0.577. The van der Waals surface area contributed by atoms with Crippen LogP contribution in [-0.2, 0) is 4.79 Å². The van der Waals surface area contributed by atoms with Gasteiger partial charge in [0.1, 0.15) is 0 Å². The van der Waals surface area contributed by atoms with Crippen LogP contribution in [0.2, 0.25) is 0 Å². The predicted molar refractivity (Wildman–Crippen MR) is 39.0 cm³/mol. The molecule has 0 spiro atoms. The lowest BCUT2D eigenvalue weighted by Crippen LogP contribution is -1.72.